The summed E-state index contributed by atoms with van der Waals surface area (Å²) in [6.07, 6.45) is 0.253. The van der Waals surface area contributed by atoms with Crippen molar-refractivity contribution in [2.75, 3.05) is 26.9 Å². The lowest BCUT2D eigenvalue weighted by Crippen LogP contribution is -2.45. The van der Waals surface area contributed by atoms with Crippen LogP contribution in [0.1, 0.15) is 43.5 Å². The van der Waals surface area contributed by atoms with Gasteiger partial charge < -0.3 is 39.4 Å². The highest BCUT2D eigenvalue weighted by Gasteiger charge is 2.32. The molecule has 1 heterocycles. The normalized spacial score (nSPS) is 15.0. The zero-order valence-electron chi connectivity index (χ0n) is 26.6. The van der Waals surface area contributed by atoms with Gasteiger partial charge in [-0.2, -0.15) is 5.10 Å². The maximum absolute atomic E-state index is 12.5. The molecule has 0 bridgehead atoms. The van der Waals surface area contributed by atoms with E-state index in [1.807, 2.05) is 6.92 Å². The number of aliphatic hydroxyl groups excluding tert-OH is 1. The Morgan fingerprint density at radius 2 is 1.73 bits per heavy atom. The van der Waals surface area contributed by atoms with Gasteiger partial charge in [0.25, 0.3) is 0 Å². The van der Waals surface area contributed by atoms with Crippen LogP contribution in [-0.4, -0.2) is 56.5 Å². The van der Waals surface area contributed by atoms with Gasteiger partial charge in [-0.3, -0.25) is 5.43 Å². The molecule has 3 aromatic carbocycles. The Balaban J connectivity index is 1.40. The van der Waals surface area contributed by atoms with E-state index in [0.717, 1.165) is 5.56 Å². The number of hydrazone groups is 1. The number of halogens is 3. The zero-order chi connectivity index (χ0) is 34.8. The molecule has 0 aliphatic carbocycles. The number of rotatable bonds is 15. The number of ether oxygens (including phenoxy) is 5. The second-order valence-corrected chi connectivity index (χ2v) is 11.5. The largest absolute Gasteiger partial charge is 0.490 e. The van der Waals surface area contributed by atoms with E-state index in [-0.39, 0.29) is 23.8 Å². The second-order valence-electron chi connectivity index (χ2n) is 10.2. The minimum absolute atomic E-state index is 0.143. The molecule has 0 spiro atoms. The number of allylic oxidation sites excluding steroid dienone is 1. The number of carbonyl (C=O) groups excluding carboxylic acids is 2. The summed E-state index contributed by atoms with van der Waals surface area (Å²) < 4.78 is 28.2. The molecule has 0 saturated carbocycles. The number of hydrogen-bond donors (Lipinski definition) is 4. The Kier molecular flexibility index (Phi) is 13.0. The van der Waals surface area contributed by atoms with Gasteiger partial charge in [-0.1, -0.05) is 46.9 Å². The third kappa shape index (κ3) is 9.38. The molecule has 0 saturated heterocycles. The van der Waals surface area contributed by atoms with Crippen LogP contribution in [0.4, 0.5) is 4.79 Å². The molecule has 0 fully saturated rings. The number of nitrogens with zero attached hydrogens (tertiary/aromatic N) is 1. The highest BCUT2D eigenvalue weighted by molar-refractivity contribution is 6.35. The van der Waals surface area contributed by atoms with Crippen molar-refractivity contribution in [2.24, 2.45) is 5.10 Å². The Hall–Kier alpha value is -4.36. The first-order valence-corrected chi connectivity index (χ1v) is 15.9. The van der Waals surface area contributed by atoms with Crippen LogP contribution in [0.5, 0.6) is 23.0 Å². The number of benzene rings is 3. The van der Waals surface area contributed by atoms with Gasteiger partial charge in [-0.05, 0) is 68.3 Å². The van der Waals surface area contributed by atoms with Crippen molar-refractivity contribution in [3.8, 4) is 23.0 Å². The van der Waals surface area contributed by atoms with Crippen molar-refractivity contribution in [3.05, 3.63) is 91.6 Å². The van der Waals surface area contributed by atoms with Crippen LogP contribution in [0.15, 0.2) is 64.9 Å². The average molecular weight is 722 g/mol. The van der Waals surface area contributed by atoms with Gasteiger partial charge in [0, 0.05) is 21.3 Å². The Morgan fingerprint density at radius 1 is 0.979 bits per heavy atom. The van der Waals surface area contributed by atoms with Crippen molar-refractivity contribution in [3.63, 3.8) is 0 Å². The molecule has 0 aromatic heterocycles. The predicted octanol–water partition coefficient (Wildman–Crippen LogP) is 6.15. The molecule has 0 radical (unpaired) electrons. The van der Waals surface area contributed by atoms with E-state index >= 15 is 0 Å². The van der Waals surface area contributed by atoms with E-state index in [0.29, 0.717) is 63.1 Å². The Morgan fingerprint density at radius 3 is 2.44 bits per heavy atom. The van der Waals surface area contributed by atoms with Crippen molar-refractivity contribution < 1.29 is 38.4 Å². The molecule has 1 aliphatic heterocycles. The number of nitrogens with one attached hydrogen (secondary N) is 3. The smallest absolute Gasteiger partial charge is 0.337 e. The fourth-order valence-corrected chi connectivity index (χ4v) is 5.41. The number of methoxy groups -OCH3 is 1. The third-order valence-electron chi connectivity index (χ3n) is 6.83. The van der Waals surface area contributed by atoms with Crippen molar-refractivity contribution in [2.45, 2.75) is 39.6 Å². The van der Waals surface area contributed by atoms with Gasteiger partial charge in [-0.25, -0.2) is 9.59 Å². The zero-order valence-corrected chi connectivity index (χ0v) is 28.8. The number of hydrogen-bond acceptors (Lipinski definition) is 10. The number of aliphatic hydroxyl groups is 1. The molecule has 4 rings (SSSR count). The fourth-order valence-electron chi connectivity index (χ4n) is 4.67. The predicted molar refractivity (Wildman–Crippen MR) is 182 cm³/mol. The van der Waals surface area contributed by atoms with Gasteiger partial charge in [0.1, 0.15) is 13.2 Å². The average Bonchev–Trinajstić information content (AvgIpc) is 3.04. The lowest BCUT2D eigenvalue weighted by Gasteiger charge is -2.28. The molecule has 256 valence electrons. The molecule has 48 heavy (non-hydrogen) atoms. The van der Waals surface area contributed by atoms with Crippen LogP contribution >= 0.6 is 34.8 Å². The van der Waals surface area contributed by atoms with Crippen LogP contribution in [0.25, 0.3) is 0 Å². The number of carbonyl (C=O) groups is 2. The molecule has 15 heteroatoms. The number of urea groups is 1. The molecule has 12 nitrogen and oxygen atoms in total. The second kappa shape index (κ2) is 17.2. The van der Waals surface area contributed by atoms with Crippen LogP contribution in [0.2, 0.25) is 15.1 Å². The maximum atomic E-state index is 12.5. The van der Waals surface area contributed by atoms with Crippen LogP contribution in [0, 0.1) is 0 Å². The van der Waals surface area contributed by atoms with Gasteiger partial charge >= 0.3 is 12.0 Å². The van der Waals surface area contributed by atoms with Crippen LogP contribution < -0.4 is 35.0 Å². The summed E-state index contributed by atoms with van der Waals surface area (Å²) >= 11 is 18.8. The molecule has 4 N–H and O–H groups in total. The lowest BCUT2D eigenvalue weighted by molar-refractivity contribution is -0.136. The van der Waals surface area contributed by atoms with E-state index in [9.17, 15) is 14.7 Å². The molecular formula is C33H35Cl3N4O8. The van der Waals surface area contributed by atoms with E-state index in [1.54, 1.807) is 62.4 Å². The molecule has 1 aliphatic rings. The summed E-state index contributed by atoms with van der Waals surface area (Å²) in [7, 11) is 1.27. The summed E-state index contributed by atoms with van der Waals surface area (Å²) in [6, 6.07) is 12.2. The lowest BCUT2D eigenvalue weighted by atomic mass is 9.95. The van der Waals surface area contributed by atoms with E-state index in [4.69, 9.17) is 58.5 Å². The number of amides is 2. The minimum Gasteiger partial charge on any atom is -0.490 e. The van der Waals surface area contributed by atoms with Crippen LogP contribution in [-0.2, 0) is 16.1 Å². The van der Waals surface area contributed by atoms with Crippen molar-refractivity contribution in [1.82, 2.24) is 16.1 Å². The SMILES string of the molecule is CCOc1cc([C@H]2NC(=O)NC(C)=C2C(=O)OC)ccc1OC[C@H](O)N/N=C\c1cc(Cl)c(OCc2ccc(Cl)cc2Cl)c(OCC)c1. The molecule has 3 aromatic rings. The van der Waals surface area contributed by atoms with Gasteiger partial charge in [0.15, 0.2) is 29.2 Å². The summed E-state index contributed by atoms with van der Waals surface area (Å²) in [5.74, 6) is 0.835. The van der Waals surface area contributed by atoms with E-state index in [2.05, 4.69) is 21.2 Å². The summed E-state index contributed by atoms with van der Waals surface area (Å²) in [5, 5.41) is 21.2. The first-order valence-electron chi connectivity index (χ1n) is 14.8. The Bertz CT molecular complexity index is 1700. The van der Waals surface area contributed by atoms with Crippen molar-refractivity contribution >= 4 is 53.0 Å². The van der Waals surface area contributed by atoms with Gasteiger partial charge in [-0.15, -0.1) is 0 Å². The number of esters is 1. The van der Waals surface area contributed by atoms with E-state index in [1.165, 1.54) is 13.3 Å². The Labute approximate surface area is 292 Å². The molecule has 2 atom stereocenters. The highest BCUT2D eigenvalue weighted by Crippen LogP contribution is 2.38. The monoisotopic (exact) mass is 720 g/mol. The first kappa shape index (κ1) is 36.5. The molecular weight excluding hydrogens is 687 g/mol. The quantitative estimate of drug-likeness (QED) is 0.0628. The first-order chi connectivity index (χ1) is 23.0. The third-order valence-corrected chi connectivity index (χ3v) is 7.70. The summed E-state index contributed by atoms with van der Waals surface area (Å²) in [4.78, 5) is 24.7. The standard InChI is InChI=1S/C33H35Cl3N4O8/c1-5-45-26-13-20(30-29(32(42)44-4)18(3)38-33(43)39-30)8-10-25(26)47-17-28(41)40-37-15-19-11-24(36)31(27(12-19)46-6-2)48-16-21-7-9-22(34)14-23(21)35/h7-15,28,30,40-41H,5-6,16-17H2,1-4H3,(H2,38,39,43)/b37-15-/t28-,30+/m0/s1. The van der Waals surface area contributed by atoms with Gasteiger partial charge in [0.2, 0.25) is 0 Å². The summed E-state index contributed by atoms with van der Waals surface area (Å²) in [5.41, 5.74) is 5.11. The van der Waals surface area contributed by atoms with E-state index < -0.39 is 24.3 Å². The maximum Gasteiger partial charge on any atom is 0.337 e. The molecule has 2 amide bonds. The molecule has 0 unspecified atom stereocenters. The highest BCUT2D eigenvalue weighted by atomic mass is 35.5. The fraction of sp³-hybridized carbons (Fsp3) is 0.303. The van der Waals surface area contributed by atoms with Crippen molar-refractivity contribution in [1.29, 1.82) is 0 Å². The van der Waals surface area contributed by atoms with Crippen LogP contribution in [0.3, 0.4) is 0 Å². The minimum atomic E-state index is -1.20. The summed E-state index contributed by atoms with van der Waals surface area (Å²) in [6.45, 7) is 5.88. The topological polar surface area (TPSA) is 149 Å². The van der Waals surface area contributed by atoms with Gasteiger partial charge in [0.05, 0.1) is 43.2 Å².